The largest absolute Gasteiger partial charge is 0.384 e. The second-order valence-electron chi connectivity index (χ2n) is 3.05. The molecule has 5 nitrogen and oxygen atoms in total. The average molecular weight is 201 g/mol. The number of nitrogens with zero attached hydrogens (tertiary/aromatic N) is 4. The monoisotopic (exact) mass is 201 g/mol. The first-order chi connectivity index (χ1) is 7.29. The van der Waals surface area contributed by atoms with Crippen molar-refractivity contribution in [2.24, 2.45) is 0 Å². The van der Waals surface area contributed by atoms with Crippen LogP contribution in [0.2, 0.25) is 0 Å². The van der Waals surface area contributed by atoms with E-state index in [0.29, 0.717) is 17.3 Å². The topological polar surface area (TPSA) is 77.6 Å². The van der Waals surface area contributed by atoms with Crippen LogP contribution in [-0.4, -0.2) is 19.9 Å². The fourth-order valence-electron chi connectivity index (χ4n) is 1.23. The second-order valence-corrected chi connectivity index (χ2v) is 3.05. The van der Waals surface area contributed by atoms with Crippen LogP contribution in [0.4, 0.5) is 5.82 Å². The van der Waals surface area contributed by atoms with Gasteiger partial charge in [-0.05, 0) is 6.42 Å². The summed E-state index contributed by atoms with van der Waals surface area (Å²) in [5.74, 6) is 0.988. The van der Waals surface area contributed by atoms with E-state index in [1.54, 1.807) is 24.7 Å². The maximum Gasteiger partial charge on any atom is 0.182 e. The van der Waals surface area contributed by atoms with Gasteiger partial charge in [-0.15, -0.1) is 0 Å². The molecule has 0 aliphatic rings. The predicted octanol–water partition coefficient (Wildman–Crippen LogP) is 1.08. The molecule has 0 bridgehead atoms. The molecule has 2 aromatic heterocycles. The Morgan fingerprint density at radius 2 is 2.13 bits per heavy atom. The molecule has 5 heteroatoms. The number of aryl methyl sites for hydroxylation is 1. The van der Waals surface area contributed by atoms with E-state index in [4.69, 9.17) is 5.73 Å². The lowest BCUT2D eigenvalue weighted by Gasteiger charge is -2.02. The predicted molar refractivity (Wildman–Crippen MR) is 56.8 cm³/mol. The Kier molecular flexibility index (Phi) is 2.53. The highest BCUT2D eigenvalue weighted by atomic mass is 15.0. The van der Waals surface area contributed by atoms with Crippen molar-refractivity contribution in [3.8, 4) is 11.5 Å². The zero-order chi connectivity index (χ0) is 10.7. The molecule has 0 amide bonds. The minimum absolute atomic E-state index is 0.461. The maximum atomic E-state index is 5.67. The first-order valence-corrected chi connectivity index (χ1v) is 4.69. The number of aromatic nitrogens is 4. The summed E-state index contributed by atoms with van der Waals surface area (Å²) in [7, 11) is 0. The third kappa shape index (κ3) is 2.07. The van der Waals surface area contributed by atoms with Gasteiger partial charge in [0.05, 0.1) is 6.20 Å². The van der Waals surface area contributed by atoms with Gasteiger partial charge in [-0.25, -0.2) is 15.0 Å². The molecular formula is C10H11N5. The number of hydrogen-bond acceptors (Lipinski definition) is 5. The number of nitrogen functional groups attached to an aromatic ring is 1. The first-order valence-electron chi connectivity index (χ1n) is 4.69. The van der Waals surface area contributed by atoms with Gasteiger partial charge >= 0.3 is 0 Å². The Labute approximate surface area is 87.4 Å². The summed E-state index contributed by atoms with van der Waals surface area (Å²) in [6.07, 6.45) is 5.65. The second kappa shape index (κ2) is 4.00. The summed E-state index contributed by atoms with van der Waals surface area (Å²) < 4.78 is 0. The molecule has 15 heavy (non-hydrogen) atoms. The summed E-state index contributed by atoms with van der Waals surface area (Å²) >= 11 is 0. The summed E-state index contributed by atoms with van der Waals surface area (Å²) in [5, 5.41) is 0. The van der Waals surface area contributed by atoms with Crippen molar-refractivity contribution in [3.05, 3.63) is 30.4 Å². The van der Waals surface area contributed by atoms with E-state index in [1.807, 2.05) is 6.92 Å². The SMILES string of the molecule is CCc1cc(N)nc(-c2cnccn2)n1. The van der Waals surface area contributed by atoms with Crippen molar-refractivity contribution in [1.29, 1.82) is 0 Å². The van der Waals surface area contributed by atoms with Gasteiger partial charge in [0.2, 0.25) is 0 Å². The number of anilines is 1. The molecule has 0 atom stereocenters. The van der Waals surface area contributed by atoms with Gasteiger partial charge in [0.15, 0.2) is 5.82 Å². The highest BCUT2D eigenvalue weighted by Gasteiger charge is 2.05. The molecule has 76 valence electrons. The number of rotatable bonds is 2. The van der Waals surface area contributed by atoms with Crippen LogP contribution in [0.1, 0.15) is 12.6 Å². The van der Waals surface area contributed by atoms with Crippen LogP contribution in [0.15, 0.2) is 24.7 Å². The van der Waals surface area contributed by atoms with Crippen molar-refractivity contribution in [2.45, 2.75) is 13.3 Å². The van der Waals surface area contributed by atoms with Crippen molar-refractivity contribution in [3.63, 3.8) is 0 Å². The van der Waals surface area contributed by atoms with E-state index in [2.05, 4.69) is 19.9 Å². The molecular weight excluding hydrogens is 190 g/mol. The third-order valence-electron chi connectivity index (χ3n) is 1.95. The van der Waals surface area contributed by atoms with Crippen molar-refractivity contribution >= 4 is 5.82 Å². The quantitative estimate of drug-likeness (QED) is 0.786. The van der Waals surface area contributed by atoms with Gasteiger partial charge in [-0.3, -0.25) is 4.98 Å². The lowest BCUT2D eigenvalue weighted by Crippen LogP contribution is -2.00. The molecule has 0 aromatic carbocycles. The van der Waals surface area contributed by atoms with E-state index in [1.165, 1.54) is 0 Å². The highest BCUT2D eigenvalue weighted by molar-refractivity contribution is 5.50. The minimum atomic E-state index is 0.461. The molecule has 0 unspecified atom stereocenters. The van der Waals surface area contributed by atoms with E-state index >= 15 is 0 Å². The van der Waals surface area contributed by atoms with Crippen LogP contribution >= 0.6 is 0 Å². The molecule has 0 aliphatic heterocycles. The van der Waals surface area contributed by atoms with Gasteiger partial charge in [-0.1, -0.05) is 6.92 Å². The molecule has 2 N–H and O–H groups in total. The van der Waals surface area contributed by atoms with Gasteiger partial charge in [-0.2, -0.15) is 0 Å². The Morgan fingerprint density at radius 3 is 2.80 bits per heavy atom. The summed E-state index contributed by atoms with van der Waals surface area (Å²) in [6, 6.07) is 1.76. The lowest BCUT2D eigenvalue weighted by molar-refractivity contribution is 0.998. The summed E-state index contributed by atoms with van der Waals surface area (Å²) in [4.78, 5) is 16.5. The average Bonchev–Trinajstić information content (AvgIpc) is 2.29. The molecule has 0 fully saturated rings. The minimum Gasteiger partial charge on any atom is -0.384 e. The van der Waals surface area contributed by atoms with Crippen molar-refractivity contribution < 1.29 is 0 Å². The van der Waals surface area contributed by atoms with Gasteiger partial charge in [0.25, 0.3) is 0 Å². The fourth-order valence-corrected chi connectivity index (χ4v) is 1.23. The van der Waals surface area contributed by atoms with Gasteiger partial charge in [0, 0.05) is 24.2 Å². The molecule has 0 radical (unpaired) electrons. The third-order valence-corrected chi connectivity index (χ3v) is 1.95. The molecule has 0 saturated carbocycles. The number of hydrogen-bond donors (Lipinski definition) is 1. The smallest absolute Gasteiger partial charge is 0.182 e. The maximum absolute atomic E-state index is 5.67. The zero-order valence-electron chi connectivity index (χ0n) is 8.38. The normalized spacial score (nSPS) is 10.2. The summed E-state index contributed by atoms with van der Waals surface area (Å²) in [5.41, 5.74) is 7.22. The fraction of sp³-hybridized carbons (Fsp3) is 0.200. The first kappa shape index (κ1) is 9.51. The molecule has 2 aromatic rings. The molecule has 0 aliphatic carbocycles. The van der Waals surface area contributed by atoms with Crippen LogP contribution in [-0.2, 0) is 6.42 Å². The highest BCUT2D eigenvalue weighted by Crippen LogP contribution is 2.13. The van der Waals surface area contributed by atoms with Crippen LogP contribution in [0, 0.1) is 0 Å². The molecule has 2 rings (SSSR count). The Balaban J connectivity index is 2.49. The van der Waals surface area contributed by atoms with Gasteiger partial charge < -0.3 is 5.73 Å². The zero-order valence-corrected chi connectivity index (χ0v) is 8.38. The Hall–Kier alpha value is -2.04. The standard InChI is InChI=1S/C10H11N5/c1-2-7-5-9(11)15-10(14-7)8-6-12-3-4-13-8/h3-6H,2H2,1H3,(H2,11,14,15). The van der Waals surface area contributed by atoms with E-state index in [-0.39, 0.29) is 0 Å². The molecule has 2 heterocycles. The molecule has 0 saturated heterocycles. The number of nitrogens with two attached hydrogens (primary N) is 1. The van der Waals surface area contributed by atoms with Crippen molar-refractivity contribution in [2.75, 3.05) is 5.73 Å². The lowest BCUT2D eigenvalue weighted by atomic mass is 10.3. The van der Waals surface area contributed by atoms with Crippen LogP contribution in [0.5, 0.6) is 0 Å². The Morgan fingerprint density at radius 1 is 1.27 bits per heavy atom. The van der Waals surface area contributed by atoms with Gasteiger partial charge in [0.1, 0.15) is 11.5 Å². The van der Waals surface area contributed by atoms with Crippen molar-refractivity contribution in [1.82, 2.24) is 19.9 Å². The molecule has 0 spiro atoms. The van der Waals surface area contributed by atoms with Crippen LogP contribution < -0.4 is 5.73 Å². The van der Waals surface area contributed by atoms with Crippen LogP contribution in [0.25, 0.3) is 11.5 Å². The van der Waals surface area contributed by atoms with E-state index < -0.39 is 0 Å². The van der Waals surface area contributed by atoms with Crippen LogP contribution in [0.3, 0.4) is 0 Å². The van der Waals surface area contributed by atoms with E-state index in [9.17, 15) is 0 Å². The van der Waals surface area contributed by atoms with E-state index in [0.717, 1.165) is 12.1 Å². The summed E-state index contributed by atoms with van der Waals surface area (Å²) in [6.45, 7) is 2.02. The Bertz CT molecular complexity index is 455.